The maximum absolute atomic E-state index is 9.66. The van der Waals surface area contributed by atoms with Crippen molar-refractivity contribution in [1.82, 2.24) is 4.90 Å². The fraction of sp³-hybridized carbons (Fsp3) is 0.600. The molecule has 0 spiro atoms. The van der Waals surface area contributed by atoms with Crippen LogP contribution in [0.4, 0.5) is 0 Å². The summed E-state index contributed by atoms with van der Waals surface area (Å²) >= 11 is 0. The van der Waals surface area contributed by atoms with E-state index in [2.05, 4.69) is 18.7 Å². The first kappa shape index (κ1) is 15.8. The first-order valence-corrected chi connectivity index (χ1v) is 6.98. The summed E-state index contributed by atoms with van der Waals surface area (Å²) in [7, 11) is 1.56. The molecule has 0 fully saturated rings. The lowest BCUT2D eigenvalue weighted by Gasteiger charge is -2.30. The van der Waals surface area contributed by atoms with Gasteiger partial charge in [-0.3, -0.25) is 4.90 Å². The third-order valence-corrected chi connectivity index (χ3v) is 3.46. The number of likely N-dealkylation sites (N-methyl/N-ethyl adjacent to an activating group) is 1. The third kappa shape index (κ3) is 4.11. The minimum absolute atomic E-state index is 0.165. The van der Waals surface area contributed by atoms with Crippen LogP contribution in [-0.2, 0) is 0 Å². The van der Waals surface area contributed by atoms with Crippen molar-refractivity contribution < 1.29 is 9.84 Å². The van der Waals surface area contributed by atoms with Crippen molar-refractivity contribution in [2.45, 2.75) is 32.7 Å². The number of aromatic hydroxyl groups is 1. The van der Waals surface area contributed by atoms with E-state index in [1.807, 2.05) is 12.1 Å². The number of benzene rings is 1. The summed E-state index contributed by atoms with van der Waals surface area (Å²) in [5, 5.41) is 9.66. The molecule has 19 heavy (non-hydrogen) atoms. The highest BCUT2D eigenvalue weighted by molar-refractivity contribution is 5.42. The van der Waals surface area contributed by atoms with Gasteiger partial charge in [0.05, 0.1) is 7.11 Å². The van der Waals surface area contributed by atoms with E-state index in [1.54, 1.807) is 13.2 Å². The Morgan fingerprint density at radius 2 is 2.11 bits per heavy atom. The highest BCUT2D eigenvalue weighted by atomic mass is 16.5. The normalized spacial score (nSPS) is 12.7. The number of phenolic OH excluding ortho intramolecular Hbond substituents is 1. The van der Waals surface area contributed by atoms with E-state index in [9.17, 15) is 5.11 Å². The smallest absolute Gasteiger partial charge is 0.160 e. The zero-order valence-electron chi connectivity index (χ0n) is 12.2. The maximum Gasteiger partial charge on any atom is 0.160 e. The van der Waals surface area contributed by atoms with Crippen molar-refractivity contribution >= 4 is 0 Å². The van der Waals surface area contributed by atoms with Gasteiger partial charge in [-0.05, 0) is 37.2 Å². The van der Waals surface area contributed by atoms with Gasteiger partial charge in [-0.1, -0.05) is 26.3 Å². The topological polar surface area (TPSA) is 58.7 Å². The second-order valence-corrected chi connectivity index (χ2v) is 4.66. The van der Waals surface area contributed by atoms with Crippen LogP contribution in [0.15, 0.2) is 18.2 Å². The predicted octanol–water partition coefficient (Wildman–Crippen LogP) is 2.52. The van der Waals surface area contributed by atoms with Gasteiger partial charge in [-0.2, -0.15) is 0 Å². The molecule has 108 valence electrons. The molecule has 4 nitrogen and oxygen atoms in total. The summed E-state index contributed by atoms with van der Waals surface area (Å²) in [6.07, 6.45) is 2.34. The average Bonchev–Trinajstić information content (AvgIpc) is 2.44. The van der Waals surface area contributed by atoms with E-state index >= 15 is 0 Å². The molecular weight excluding hydrogens is 240 g/mol. The maximum atomic E-state index is 9.66. The molecule has 4 heteroatoms. The summed E-state index contributed by atoms with van der Waals surface area (Å²) < 4.78 is 5.17. The summed E-state index contributed by atoms with van der Waals surface area (Å²) in [4.78, 5) is 2.37. The number of methoxy groups -OCH3 is 1. The molecular formula is C15H26N2O2. The van der Waals surface area contributed by atoms with Crippen LogP contribution in [0.1, 0.15) is 38.3 Å². The molecule has 0 heterocycles. The van der Waals surface area contributed by atoms with Gasteiger partial charge in [0.2, 0.25) is 0 Å². The number of unbranched alkanes of at least 4 members (excludes halogenated alkanes) is 1. The molecule has 0 aromatic heterocycles. The van der Waals surface area contributed by atoms with Crippen LogP contribution in [0.2, 0.25) is 0 Å². The minimum Gasteiger partial charge on any atom is -0.504 e. The number of hydrogen-bond acceptors (Lipinski definition) is 4. The molecule has 0 aliphatic rings. The Morgan fingerprint density at radius 3 is 2.63 bits per heavy atom. The monoisotopic (exact) mass is 266 g/mol. The standard InChI is InChI=1S/C15H26N2O2/c1-4-6-9-17(5-2)13(11-16)12-7-8-14(18)15(10-12)19-3/h7-8,10,13,18H,4-6,9,11,16H2,1-3H3. The van der Waals surface area contributed by atoms with E-state index in [4.69, 9.17) is 10.5 Å². The van der Waals surface area contributed by atoms with E-state index in [0.717, 1.165) is 18.7 Å². The lowest BCUT2D eigenvalue weighted by Crippen LogP contribution is -2.34. The molecule has 0 radical (unpaired) electrons. The summed E-state index contributed by atoms with van der Waals surface area (Å²) in [5.74, 6) is 0.668. The number of nitrogens with two attached hydrogens (primary N) is 1. The van der Waals surface area contributed by atoms with Gasteiger partial charge in [-0.25, -0.2) is 0 Å². The quantitative estimate of drug-likeness (QED) is 0.759. The van der Waals surface area contributed by atoms with Crippen molar-refractivity contribution in [1.29, 1.82) is 0 Å². The van der Waals surface area contributed by atoms with Gasteiger partial charge < -0.3 is 15.6 Å². The van der Waals surface area contributed by atoms with E-state index in [-0.39, 0.29) is 11.8 Å². The Kier molecular flexibility index (Phi) is 6.67. The summed E-state index contributed by atoms with van der Waals surface area (Å²) in [5.41, 5.74) is 7.03. The second kappa shape index (κ2) is 8.02. The average molecular weight is 266 g/mol. The molecule has 1 atom stereocenters. The first-order chi connectivity index (χ1) is 9.17. The Morgan fingerprint density at radius 1 is 1.37 bits per heavy atom. The predicted molar refractivity (Wildman–Crippen MR) is 78.6 cm³/mol. The van der Waals surface area contributed by atoms with Crippen molar-refractivity contribution in [3.63, 3.8) is 0 Å². The van der Waals surface area contributed by atoms with E-state index in [1.165, 1.54) is 12.8 Å². The number of nitrogens with zero attached hydrogens (tertiary/aromatic N) is 1. The van der Waals surface area contributed by atoms with Gasteiger partial charge >= 0.3 is 0 Å². The van der Waals surface area contributed by atoms with E-state index in [0.29, 0.717) is 12.3 Å². The molecule has 0 aliphatic heterocycles. The molecule has 0 saturated carbocycles. The number of hydrogen-bond donors (Lipinski definition) is 2. The first-order valence-electron chi connectivity index (χ1n) is 6.98. The fourth-order valence-corrected chi connectivity index (χ4v) is 2.29. The highest BCUT2D eigenvalue weighted by Crippen LogP contribution is 2.30. The molecule has 1 rings (SSSR count). The van der Waals surface area contributed by atoms with Gasteiger partial charge in [0.25, 0.3) is 0 Å². The van der Waals surface area contributed by atoms with E-state index < -0.39 is 0 Å². The van der Waals surface area contributed by atoms with Crippen molar-refractivity contribution in [2.24, 2.45) is 5.73 Å². The van der Waals surface area contributed by atoms with Crippen molar-refractivity contribution in [3.05, 3.63) is 23.8 Å². The van der Waals surface area contributed by atoms with Crippen LogP contribution in [0.25, 0.3) is 0 Å². The van der Waals surface area contributed by atoms with Crippen LogP contribution in [-0.4, -0.2) is 36.8 Å². The van der Waals surface area contributed by atoms with Crippen LogP contribution in [0, 0.1) is 0 Å². The number of rotatable bonds is 8. The Balaban J connectivity index is 2.94. The molecule has 0 saturated heterocycles. The zero-order chi connectivity index (χ0) is 14.3. The van der Waals surface area contributed by atoms with Crippen LogP contribution in [0.5, 0.6) is 11.5 Å². The lowest BCUT2D eigenvalue weighted by atomic mass is 10.0. The molecule has 0 aliphatic carbocycles. The SMILES string of the molecule is CCCCN(CC)C(CN)c1ccc(O)c(OC)c1. The molecule has 0 amide bonds. The second-order valence-electron chi connectivity index (χ2n) is 4.66. The Hall–Kier alpha value is -1.26. The van der Waals surface area contributed by atoms with Gasteiger partial charge in [0, 0.05) is 12.6 Å². The summed E-state index contributed by atoms with van der Waals surface area (Å²) in [6, 6.07) is 5.64. The van der Waals surface area contributed by atoms with Gasteiger partial charge in [0.15, 0.2) is 11.5 Å². The van der Waals surface area contributed by atoms with Gasteiger partial charge in [-0.15, -0.1) is 0 Å². The number of ether oxygens (including phenoxy) is 1. The number of phenols is 1. The molecule has 1 aromatic rings. The molecule has 3 N–H and O–H groups in total. The highest BCUT2D eigenvalue weighted by Gasteiger charge is 2.18. The minimum atomic E-state index is 0.165. The Bertz CT molecular complexity index is 382. The largest absolute Gasteiger partial charge is 0.504 e. The summed E-state index contributed by atoms with van der Waals surface area (Å²) in [6.45, 7) is 6.90. The van der Waals surface area contributed by atoms with Crippen LogP contribution < -0.4 is 10.5 Å². The van der Waals surface area contributed by atoms with Gasteiger partial charge in [0.1, 0.15) is 0 Å². The molecule has 1 aromatic carbocycles. The van der Waals surface area contributed by atoms with Crippen molar-refractivity contribution in [3.8, 4) is 11.5 Å². The molecule has 0 bridgehead atoms. The lowest BCUT2D eigenvalue weighted by molar-refractivity contribution is 0.208. The third-order valence-electron chi connectivity index (χ3n) is 3.46. The Labute approximate surface area is 116 Å². The van der Waals surface area contributed by atoms with Crippen molar-refractivity contribution in [2.75, 3.05) is 26.7 Å². The zero-order valence-corrected chi connectivity index (χ0v) is 12.2. The fourth-order valence-electron chi connectivity index (χ4n) is 2.29. The molecule has 1 unspecified atom stereocenters. The van der Waals surface area contributed by atoms with Crippen LogP contribution >= 0.6 is 0 Å². The van der Waals surface area contributed by atoms with Crippen LogP contribution in [0.3, 0.4) is 0 Å².